The number of rotatable bonds is 10. The van der Waals surface area contributed by atoms with Crippen LogP contribution in [0.4, 0.5) is 9.59 Å². The van der Waals surface area contributed by atoms with Gasteiger partial charge in [0.15, 0.2) is 0 Å². The summed E-state index contributed by atoms with van der Waals surface area (Å²) in [5.41, 5.74) is 1.91. The number of likely N-dealkylation sites (tertiary alicyclic amines) is 1. The monoisotopic (exact) mass is 612 g/mol. The van der Waals surface area contributed by atoms with Crippen LogP contribution in [-0.2, 0) is 33.7 Å². The fraction of sp³-hybridized carbons (Fsp3) is 0.371. The largest absolute Gasteiger partial charge is 0.480 e. The summed E-state index contributed by atoms with van der Waals surface area (Å²) in [4.78, 5) is 47.7. The quantitative estimate of drug-likeness (QED) is 0.333. The van der Waals surface area contributed by atoms with Crippen molar-refractivity contribution in [1.82, 2.24) is 15.1 Å². The standard InChI is InChI=1S/C35H40N4O6/c1-35(2,3)45-34(43)39-30-22-38(29(32(40)41)20-25-15-9-5-10-16-25)21-28(30)36-31(39)27(19-24-13-7-4-8-14-24)37-33(42)44-23-26-17-11-6-12-18-26/h4-18,27-30H,19-23H2,1-3H3,(H,37,42)(H,40,41)/t27-,28-,29-,30+/m0/s1. The molecule has 10 nitrogen and oxygen atoms in total. The molecule has 0 bridgehead atoms. The molecule has 2 N–H and O–H groups in total. The zero-order valence-corrected chi connectivity index (χ0v) is 25.8. The van der Waals surface area contributed by atoms with Crippen molar-refractivity contribution in [3.63, 3.8) is 0 Å². The molecule has 4 atom stereocenters. The minimum atomic E-state index is -0.934. The lowest BCUT2D eigenvalue weighted by Gasteiger charge is -2.33. The molecular formula is C35H40N4O6. The van der Waals surface area contributed by atoms with Crippen molar-refractivity contribution >= 4 is 24.0 Å². The number of carboxylic acid groups (broad SMARTS) is 1. The molecule has 45 heavy (non-hydrogen) atoms. The van der Waals surface area contributed by atoms with Crippen molar-refractivity contribution in [2.75, 3.05) is 13.1 Å². The highest BCUT2D eigenvalue weighted by Gasteiger charge is 2.51. The molecule has 0 saturated carbocycles. The van der Waals surface area contributed by atoms with Crippen LogP contribution in [0.25, 0.3) is 0 Å². The van der Waals surface area contributed by atoms with E-state index in [0.29, 0.717) is 25.2 Å². The number of nitrogens with one attached hydrogen (secondary N) is 1. The number of benzene rings is 3. The Hall–Kier alpha value is -4.70. The van der Waals surface area contributed by atoms with E-state index in [9.17, 15) is 19.5 Å². The van der Waals surface area contributed by atoms with Crippen molar-refractivity contribution in [3.8, 4) is 0 Å². The summed E-state index contributed by atoms with van der Waals surface area (Å²) in [6.45, 7) is 6.09. The van der Waals surface area contributed by atoms with Crippen LogP contribution in [0.15, 0.2) is 96.0 Å². The molecule has 3 aromatic carbocycles. The minimum Gasteiger partial charge on any atom is -0.480 e. The number of aliphatic imine (C=N–C) groups is 1. The fourth-order valence-corrected chi connectivity index (χ4v) is 5.81. The number of alkyl carbamates (subject to hydrolysis) is 1. The van der Waals surface area contributed by atoms with Gasteiger partial charge in [-0.05, 0) is 43.9 Å². The molecule has 0 spiro atoms. The van der Waals surface area contributed by atoms with Gasteiger partial charge in [-0.15, -0.1) is 0 Å². The van der Waals surface area contributed by atoms with Gasteiger partial charge in [-0.25, -0.2) is 9.59 Å². The predicted molar refractivity (Wildman–Crippen MR) is 170 cm³/mol. The Kier molecular flexibility index (Phi) is 9.83. The summed E-state index contributed by atoms with van der Waals surface area (Å²) in [7, 11) is 0. The van der Waals surface area contributed by atoms with Gasteiger partial charge in [0.05, 0.1) is 18.1 Å². The molecule has 10 heteroatoms. The predicted octanol–water partition coefficient (Wildman–Crippen LogP) is 4.92. The van der Waals surface area contributed by atoms with E-state index in [-0.39, 0.29) is 13.2 Å². The van der Waals surface area contributed by atoms with E-state index in [4.69, 9.17) is 14.5 Å². The van der Waals surface area contributed by atoms with E-state index >= 15 is 0 Å². The first-order chi connectivity index (χ1) is 21.6. The number of carboxylic acids is 1. The van der Waals surface area contributed by atoms with E-state index in [1.807, 2.05) is 95.9 Å². The maximum absolute atomic E-state index is 13.8. The molecule has 0 aromatic heterocycles. The Morgan fingerprint density at radius 1 is 0.867 bits per heavy atom. The van der Waals surface area contributed by atoms with Gasteiger partial charge in [-0.1, -0.05) is 91.0 Å². The lowest BCUT2D eigenvalue weighted by atomic mass is 10.0. The maximum Gasteiger partial charge on any atom is 0.416 e. The van der Waals surface area contributed by atoms with Crippen LogP contribution < -0.4 is 5.32 Å². The second kappa shape index (κ2) is 13.9. The molecule has 0 unspecified atom stereocenters. The van der Waals surface area contributed by atoms with Crippen molar-refractivity contribution in [3.05, 3.63) is 108 Å². The first kappa shape index (κ1) is 31.7. The first-order valence-electron chi connectivity index (χ1n) is 15.2. The van der Waals surface area contributed by atoms with Gasteiger partial charge in [0.25, 0.3) is 0 Å². The topological polar surface area (TPSA) is 121 Å². The number of nitrogens with zero attached hydrogens (tertiary/aromatic N) is 3. The molecule has 0 aliphatic carbocycles. The van der Waals surface area contributed by atoms with Crippen LogP contribution in [0.1, 0.15) is 37.5 Å². The molecule has 2 heterocycles. The first-order valence-corrected chi connectivity index (χ1v) is 15.2. The number of amides is 2. The molecule has 2 amide bonds. The summed E-state index contributed by atoms with van der Waals surface area (Å²) in [6.07, 6.45) is -0.555. The zero-order valence-electron chi connectivity index (χ0n) is 25.8. The highest BCUT2D eigenvalue weighted by Crippen LogP contribution is 2.31. The van der Waals surface area contributed by atoms with Crippen molar-refractivity contribution < 1.29 is 29.0 Å². The van der Waals surface area contributed by atoms with E-state index in [0.717, 1.165) is 16.7 Å². The van der Waals surface area contributed by atoms with E-state index in [2.05, 4.69) is 5.32 Å². The average Bonchev–Trinajstić information content (AvgIpc) is 3.57. The van der Waals surface area contributed by atoms with Crippen molar-refractivity contribution in [2.24, 2.45) is 4.99 Å². The molecule has 5 rings (SSSR count). The highest BCUT2D eigenvalue weighted by molar-refractivity contribution is 6.02. The fourth-order valence-electron chi connectivity index (χ4n) is 5.81. The molecule has 2 aliphatic heterocycles. The summed E-state index contributed by atoms with van der Waals surface area (Å²) in [5, 5.41) is 13.1. The summed E-state index contributed by atoms with van der Waals surface area (Å²) >= 11 is 0. The number of carbonyl (C=O) groups is 3. The molecule has 0 radical (unpaired) electrons. The third-order valence-corrected chi connectivity index (χ3v) is 7.85. The van der Waals surface area contributed by atoms with Gasteiger partial charge in [0.1, 0.15) is 24.1 Å². The Bertz CT molecular complexity index is 1490. The van der Waals surface area contributed by atoms with E-state index in [1.165, 1.54) is 4.90 Å². The number of hydrogen-bond acceptors (Lipinski definition) is 7. The van der Waals surface area contributed by atoms with Crippen molar-refractivity contribution in [1.29, 1.82) is 0 Å². The van der Waals surface area contributed by atoms with Crippen LogP contribution in [0.2, 0.25) is 0 Å². The minimum absolute atomic E-state index is 0.0885. The number of hydrogen-bond donors (Lipinski definition) is 2. The molecule has 1 fully saturated rings. The molecule has 3 aromatic rings. The van der Waals surface area contributed by atoms with Gasteiger partial charge in [0.2, 0.25) is 0 Å². The number of carbonyl (C=O) groups excluding carboxylic acids is 2. The third-order valence-electron chi connectivity index (χ3n) is 7.85. The molecule has 236 valence electrons. The Labute approximate surface area is 263 Å². The zero-order chi connectivity index (χ0) is 32.0. The molecule has 1 saturated heterocycles. The second-order valence-electron chi connectivity index (χ2n) is 12.4. The highest BCUT2D eigenvalue weighted by atomic mass is 16.6. The lowest BCUT2D eigenvalue weighted by molar-refractivity contribution is -0.142. The van der Waals surface area contributed by atoms with Crippen LogP contribution in [0.5, 0.6) is 0 Å². The van der Waals surface area contributed by atoms with Crippen molar-refractivity contribution in [2.45, 2.75) is 70.0 Å². The SMILES string of the molecule is CC(C)(C)OC(=O)N1C([C@H](Cc2ccccc2)NC(=O)OCc2ccccc2)=N[C@H]2CN([C@@H](Cc3ccccc3)C(=O)O)C[C@H]21. The summed E-state index contributed by atoms with van der Waals surface area (Å²) < 4.78 is 11.4. The number of fused-ring (bicyclic) bond motifs is 1. The van der Waals surface area contributed by atoms with Gasteiger partial charge in [0, 0.05) is 19.5 Å². The normalized spacial score (nSPS) is 19.3. The van der Waals surface area contributed by atoms with Crippen LogP contribution in [0, 0.1) is 0 Å². The number of amidine groups is 1. The van der Waals surface area contributed by atoms with Gasteiger partial charge in [-0.3, -0.25) is 19.6 Å². The number of ether oxygens (including phenoxy) is 2. The van der Waals surface area contributed by atoms with E-state index in [1.54, 1.807) is 20.8 Å². The van der Waals surface area contributed by atoms with Crippen LogP contribution >= 0.6 is 0 Å². The van der Waals surface area contributed by atoms with Gasteiger partial charge >= 0.3 is 18.2 Å². The van der Waals surface area contributed by atoms with Crippen LogP contribution in [-0.4, -0.2) is 81.8 Å². The van der Waals surface area contributed by atoms with Gasteiger partial charge in [-0.2, -0.15) is 0 Å². The Morgan fingerprint density at radius 2 is 1.42 bits per heavy atom. The summed E-state index contributed by atoms with van der Waals surface area (Å²) in [6, 6.07) is 26.1. The smallest absolute Gasteiger partial charge is 0.416 e. The molecular weight excluding hydrogens is 572 g/mol. The van der Waals surface area contributed by atoms with Gasteiger partial charge < -0.3 is 19.9 Å². The summed E-state index contributed by atoms with van der Waals surface area (Å²) in [5.74, 6) is -0.564. The maximum atomic E-state index is 13.8. The Morgan fingerprint density at radius 3 is 1.98 bits per heavy atom. The van der Waals surface area contributed by atoms with Crippen LogP contribution in [0.3, 0.4) is 0 Å². The second-order valence-corrected chi connectivity index (χ2v) is 12.4. The third kappa shape index (κ3) is 8.27. The number of aliphatic carboxylic acids is 1. The average molecular weight is 613 g/mol. The van der Waals surface area contributed by atoms with E-state index < -0.39 is 47.9 Å². The molecule has 2 aliphatic rings. The Balaban J connectivity index is 1.42. The lowest BCUT2D eigenvalue weighted by Crippen LogP contribution is -2.55.